The van der Waals surface area contributed by atoms with Crippen LogP contribution in [0.5, 0.6) is 5.75 Å². The van der Waals surface area contributed by atoms with Crippen molar-refractivity contribution in [2.45, 2.75) is 13.0 Å². The molecule has 2 nitrogen and oxygen atoms in total. The third-order valence-electron chi connectivity index (χ3n) is 3.70. The maximum atomic E-state index is 12.9. The Bertz CT molecular complexity index is 794. The standard InChI is InChI=1S/C21H17FO2/c22-19-12-10-18(11-13-19)21(23)14-16-6-8-17(9-7-16)15-24-20-4-2-1-3-5-20/h1-13H,14-15H2. The van der Waals surface area contributed by atoms with Crippen LogP contribution in [-0.4, -0.2) is 5.78 Å². The van der Waals surface area contributed by atoms with E-state index in [-0.39, 0.29) is 11.6 Å². The van der Waals surface area contributed by atoms with Gasteiger partial charge in [-0.3, -0.25) is 4.79 Å². The maximum Gasteiger partial charge on any atom is 0.167 e. The molecule has 3 heteroatoms. The first kappa shape index (κ1) is 15.9. The van der Waals surface area contributed by atoms with Gasteiger partial charge in [0.25, 0.3) is 0 Å². The largest absolute Gasteiger partial charge is 0.489 e. The number of ether oxygens (including phenoxy) is 1. The predicted octanol–water partition coefficient (Wildman–Crippen LogP) is 4.83. The summed E-state index contributed by atoms with van der Waals surface area (Å²) >= 11 is 0. The molecule has 0 saturated heterocycles. The molecule has 0 saturated carbocycles. The highest BCUT2D eigenvalue weighted by Crippen LogP contribution is 2.14. The Hall–Kier alpha value is -2.94. The topological polar surface area (TPSA) is 26.3 Å². The first-order valence-corrected chi connectivity index (χ1v) is 7.75. The number of hydrogen-bond acceptors (Lipinski definition) is 2. The summed E-state index contributed by atoms with van der Waals surface area (Å²) in [4.78, 5) is 12.2. The van der Waals surface area contributed by atoms with Gasteiger partial charge >= 0.3 is 0 Å². The monoisotopic (exact) mass is 320 g/mol. The average molecular weight is 320 g/mol. The van der Waals surface area contributed by atoms with Gasteiger partial charge in [0.1, 0.15) is 18.2 Å². The lowest BCUT2D eigenvalue weighted by Gasteiger charge is -2.07. The summed E-state index contributed by atoms with van der Waals surface area (Å²) in [6.45, 7) is 0.482. The predicted molar refractivity (Wildman–Crippen MR) is 91.7 cm³/mol. The van der Waals surface area contributed by atoms with Gasteiger partial charge in [0.05, 0.1) is 0 Å². The summed E-state index contributed by atoms with van der Waals surface area (Å²) in [7, 11) is 0. The van der Waals surface area contributed by atoms with E-state index in [1.165, 1.54) is 24.3 Å². The summed E-state index contributed by atoms with van der Waals surface area (Å²) in [5.41, 5.74) is 2.48. The number of hydrogen-bond donors (Lipinski definition) is 0. The fraction of sp³-hybridized carbons (Fsp3) is 0.0952. The van der Waals surface area contributed by atoms with E-state index < -0.39 is 0 Å². The van der Waals surface area contributed by atoms with E-state index in [0.717, 1.165) is 16.9 Å². The van der Waals surface area contributed by atoms with Crippen molar-refractivity contribution in [1.29, 1.82) is 0 Å². The van der Waals surface area contributed by atoms with Crippen LogP contribution in [-0.2, 0) is 13.0 Å². The van der Waals surface area contributed by atoms with Crippen molar-refractivity contribution in [2.75, 3.05) is 0 Å². The van der Waals surface area contributed by atoms with Crippen LogP contribution in [0.1, 0.15) is 21.5 Å². The fourth-order valence-corrected chi connectivity index (χ4v) is 2.36. The zero-order chi connectivity index (χ0) is 16.8. The number of Topliss-reactive ketones (excluding diaryl/α,β-unsaturated/α-hetero) is 1. The van der Waals surface area contributed by atoms with Crippen LogP contribution in [0.3, 0.4) is 0 Å². The molecule has 0 aliphatic heterocycles. The second-order valence-electron chi connectivity index (χ2n) is 5.53. The van der Waals surface area contributed by atoms with Gasteiger partial charge < -0.3 is 4.74 Å². The van der Waals surface area contributed by atoms with Gasteiger partial charge in [-0.25, -0.2) is 4.39 Å². The van der Waals surface area contributed by atoms with E-state index in [1.807, 2.05) is 54.6 Å². The molecule has 0 spiro atoms. The van der Waals surface area contributed by atoms with Crippen molar-refractivity contribution in [3.63, 3.8) is 0 Å². The van der Waals surface area contributed by atoms with E-state index in [4.69, 9.17) is 4.74 Å². The van der Waals surface area contributed by atoms with Crippen molar-refractivity contribution in [2.24, 2.45) is 0 Å². The quantitative estimate of drug-likeness (QED) is 0.608. The molecule has 0 atom stereocenters. The zero-order valence-corrected chi connectivity index (χ0v) is 13.1. The van der Waals surface area contributed by atoms with E-state index in [9.17, 15) is 9.18 Å². The Morgan fingerprint density at radius 2 is 1.42 bits per heavy atom. The van der Waals surface area contributed by atoms with Gasteiger partial charge in [-0.1, -0.05) is 42.5 Å². The van der Waals surface area contributed by atoms with Crippen molar-refractivity contribution < 1.29 is 13.9 Å². The Labute approximate surface area is 140 Å². The van der Waals surface area contributed by atoms with Gasteiger partial charge in [0.2, 0.25) is 0 Å². The number of ketones is 1. The summed E-state index contributed by atoms with van der Waals surface area (Å²) < 4.78 is 18.6. The van der Waals surface area contributed by atoms with Crippen LogP contribution in [0.25, 0.3) is 0 Å². The molecule has 3 aromatic rings. The van der Waals surface area contributed by atoms with Gasteiger partial charge in [-0.2, -0.15) is 0 Å². The number of carbonyl (C=O) groups excluding carboxylic acids is 1. The first-order chi connectivity index (χ1) is 11.7. The van der Waals surface area contributed by atoms with Crippen molar-refractivity contribution in [3.05, 3.63) is 101 Å². The smallest absolute Gasteiger partial charge is 0.167 e. The van der Waals surface area contributed by atoms with Crippen LogP contribution in [0.2, 0.25) is 0 Å². The minimum absolute atomic E-state index is 0.0247. The average Bonchev–Trinajstić information content (AvgIpc) is 2.62. The number of halogens is 1. The molecule has 0 aliphatic rings. The molecule has 0 aromatic heterocycles. The van der Waals surface area contributed by atoms with Gasteiger partial charge in [-0.15, -0.1) is 0 Å². The van der Waals surface area contributed by atoms with Crippen LogP contribution in [0, 0.1) is 5.82 Å². The molecule has 3 rings (SSSR count). The maximum absolute atomic E-state index is 12.9. The lowest BCUT2D eigenvalue weighted by atomic mass is 10.0. The van der Waals surface area contributed by atoms with Crippen molar-refractivity contribution >= 4 is 5.78 Å². The number of benzene rings is 3. The molecule has 0 amide bonds. The fourth-order valence-electron chi connectivity index (χ4n) is 2.36. The lowest BCUT2D eigenvalue weighted by Crippen LogP contribution is -2.04. The Morgan fingerprint density at radius 1 is 0.792 bits per heavy atom. The third kappa shape index (κ3) is 4.29. The Balaban J connectivity index is 1.58. The summed E-state index contributed by atoms with van der Waals surface area (Å²) in [6.07, 6.45) is 0.297. The van der Waals surface area contributed by atoms with Gasteiger partial charge in [0.15, 0.2) is 5.78 Å². The second-order valence-corrected chi connectivity index (χ2v) is 5.53. The van der Waals surface area contributed by atoms with Crippen LogP contribution in [0.15, 0.2) is 78.9 Å². The molecule has 0 heterocycles. The van der Waals surface area contributed by atoms with E-state index in [2.05, 4.69) is 0 Å². The molecule has 0 bridgehead atoms. The van der Waals surface area contributed by atoms with E-state index in [1.54, 1.807) is 0 Å². The Morgan fingerprint density at radius 3 is 2.08 bits per heavy atom. The number of carbonyl (C=O) groups is 1. The Kier molecular flexibility index (Phi) is 5.02. The van der Waals surface area contributed by atoms with Crippen LogP contribution < -0.4 is 4.74 Å². The number of rotatable bonds is 6. The van der Waals surface area contributed by atoms with Crippen molar-refractivity contribution in [1.82, 2.24) is 0 Å². The molecule has 120 valence electrons. The van der Waals surface area contributed by atoms with E-state index >= 15 is 0 Å². The highest BCUT2D eigenvalue weighted by atomic mass is 19.1. The van der Waals surface area contributed by atoms with Gasteiger partial charge in [-0.05, 0) is 47.5 Å². The molecular weight excluding hydrogens is 303 g/mol. The molecule has 0 N–H and O–H groups in total. The summed E-state index contributed by atoms with van der Waals surface area (Å²) in [5, 5.41) is 0. The molecular formula is C21H17FO2. The minimum Gasteiger partial charge on any atom is -0.489 e. The van der Waals surface area contributed by atoms with Gasteiger partial charge in [0, 0.05) is 12.0 Å². The lowest BCUT2D eigenvalue weighted by molar-refractivity contribution is 0.0993. The highest BCUT2D eigenvalue weighted by molar-refractivity contribution is 5.97. The molecule has 0 radical (unpaired) electrons. The first-order valence-electron chi connectivity index (χ1n) is 7.75. The third-order valence-corrected chi connectivity index (χ3v) is 3.70. The normalized spacial score (nSPS) is 10.4. The molecule has 0 aliphatic carbocycles. The number of para-hydroxylation sites is 1. The SMILES string of the molecule is O=C(Cc1ccc(COc2ccccc2)cc1)c1ccc(F)cc1. The molecule has 24 heavy (non-hydrogen) atoms. The highest BCUT2D eigenvalue weighted by Gasteiger charge is 2.07. The van der Waals surface area contributed by atoms with E-state index in [0.29, 0.717) is 18.6 Å². The molecule has 3 aromatic carbocycles. The van der Waals surface area contributed by atoms with Crippen molar-refractivity contribution in [3.8, 4) is 5.75 Å². The summed E-state index contributed by atoms with van der Waals surface area (Å²) in [6, 6.07) is 23.0. The molecule has 0 unspecified atom stereocenters. The van der Waals surface area contributed by atoms with Crippen LogP contribution in [0.4, 0.5) is 4.39 Å². The molecule has 0 fully saturated rings. The minimum atomic E-state index is -0.339. The van der Waals surface area contributed by atoms with Crippen LogP contribution >= 0.6 is 0 Å². The summed E-state index contributed by atoms with van der Waals surface area (Å²) in [5.74, 6) is 0.464. The zero-order valence-electron chi connectivity index (χ0n) is 13.1. The second kappa shape index (κ2) is 7.55.